The zero-order valence-corrected chi connectivity index (χ0v) is 8.64. The van der Waals surface area contributed by atoms with E-state index in [-0.39, 0.29) is 12.4 Å². The molecule has 3 atom stereocenters. The van der Waals surface area contributed by atoms with Crippen LogP contribution in [-0.2, 0) is 9.47 Å². The standard InChI is InChI=1S/C12H16O2/c1-9(11-6-4-3-5-7-11)12-8-13-10(2)14-12/h3-7,9-10,12H,8H2,1-2H3/t9-,10-,12+/m0/s1. The molecule has 14 heavy (non-hydrogen) atoms. The number of hydrogen-bond acceptors (Lipinski definition) is 2. The average molecular weight is 192 g/mol. The fourth-order valence-electron chi connectivity index (χ4n) is 1.79. The summed E-state index contributed by atoms with van der Waals surface area (Å²) in [6.07, 6.45) is 0.151. The molecule has 0 aromatic heterocycles. The van der Waals surface area contributed by atoms with Crippen molar-refractivity contribution in [1.82, 2.24) is 0 Å². The van der Waals surface area contributed by atoms with Gasteiger partial charge >= 0.3 is 0 Å². The molecule has 1 aliphatic heterocycles. The minimum atomic E-state index is -0.0498. The smallest absolute Gasteiger partial charge is 0.155 e. The largest absolute Gasteiger partial charge is 0.350 e. The number of rotatable bonds is 2. The number of benzene rings is 1. The van der Waals surface area contributed by atoms with E-state index in [1.807, 2.05) is 13.0 Å². The Bertz CT molecular complexity index is 284. The maximum atomic E-state index is 5.66. The van der Waals surface area contributed by atoms with Crippen molar-refractivity contribution in [3.8, 4) is 0 Å². The Morgan fingerprint density at radius 2 is 2.00 bits per heavy atom. The highest BCUT2D eigenvalue weighted by atomic mass is 16.7. The highest BCUT2D eigenvalue weighted by Crippen LogP contribution is 2.26. The normalized spacial score (nSPS) is 29.0. The highest BCUT2D eigenvalue weighted by molar-refractivity contribution is 5.20. The first-order valence-electron chi connectivity index (χ1n) is 5.09. The lowest BCUT2D eigenvalue weighted by Gasteiger charge is -2.17. The third-order valence-electron chi connectivity index (χ3n) is 2.74. The summed E-state index contributed by atoms with van der Waals surface area (Å²) in [5, 5.41) is 0. The van der Waals surface area contributed by atoms with Crippen LogP contribution in [0.2, 0.25) is 0 Å². The van der Waals surface area contributed by atoms with Crippen molar-refractivity contribution < 1.29 is 9.47 Å². The van der Waals surface area contributed by atoms with Crippen LogP contribution in [0.1, 0.15) is 25.3 Å². The minimum absolute atomic E-state index is 0.0498. The van der Waals surface area contributed by atoms with E-state index in [9.17, 15) is 0 Å². The van der Waals surface area contributed by atoms with Gasteiger partial charge in [-0.15, -0.1) is 0 Å². The zero-order valence-electron chi connectivity index (χ0n) is 8.64. The molecular weight excluding hydrogens is 176 g/mol. The van der Waals surface area contributed by atoms with Crippen molar-refractivity contribution in [1.29, 1.82) is 0 Å². The summed E-state index contributed by atoms with van der Waals surface area (Å²) in [4.78, 5) is 0. The molecule has 0 unspecified atom stereocenters. The molecule has 2 rings (SSSR count). The number of hydrogen-bond donors (Lipinski definition) is 0. The van der Waals surface area contributed by atoms with Crippen LogP contribution in [0.4, 0.5) is 0 Å². The molecule has 0 bridgehead atoms. The third-order valence-corrected chi connectivity index (χ3v) is 2.74. The predicted molar refractivity (Wildman–Crippen MR) is 55.1 cm³/mol. The van der Waals surface area contributed by atoms with E-state index in [0.29, 0.717) is 12.5 Å². The van der Waals surface area contributed by atoms with Crippen LogP contribution < -0.4 is 0 Å². The van der Waals surface area contributed by atoms with E-state index in [2.05, 4.69) is 31.2 Å². The first-order chi connectivity index (χ1) is 6.77. The van der Waals surface area contributed by atoms with E-state index in [1.54, 1.807) is 0 Å². The van der Waals surface area contributed by atoms with Crippen LogP contribution in [0.25, 0.3) is 0 Å². The van der Waals surface area contributed by atoms with Gasteiger partial charge in [0.1, 0.15) is 0 Å². The molecule has 1 aromatic carbocycles. The molecule has 1 heterocycles. The molecule has 0 aliphatic carbocycles. The Kier molecular flexibility index (Phi) is 2.85. The summed E-state index contributed by atoms with van der Waals surface area (Å²) in [5.41, 5.74) is 1.32. The first-order valence-corrected chi connectivity index (χ1v) is 5.09. The molecule has 1 aromatic rings. The van der Waals surface area contributed by atoms with Gasteiger partial charge in [-0.1, -0.05) is 37.3 Å². The first kappa shape index (κ1) is 9.69. The van der Waals surface area contributed by atoms with Gasteiger partial charge in [-0.05, 0) is 12.5 Å². The fraction of sp³-hybridized carbons (Fsp3) is 0.500. The van der Waals surface area contributed by atoms with E-state index in [0.717, 1.165) is 0 Å². The summed E-state index contributed by atoms with van der Waals surface area (Å²) in [5.74, 6) is 0.404. The van der Waals surface area contributed by atoms with Crippen molar-refractivity contribution in [3.05, 3.63) is 35.9 Å². The van der Waals surface area contributed by atoms with Gasteiger partial charge in [0, 0.05) is 5.92 Å². The van der Waals surface area contributed by atoms with E-state index in [4.69, 9.17) is 9.47 Å². The molecule has 1 fully saturated rings. The summed E-state index contributed by atoms with van der Waals surface area (Å²) in [6, 6.07) is 10.4. The number of ether oxygens (including phenoxy) is 2. The predicted octanol–water partition coefficient (Wildman–Crippen LogP) is 2.55. The Morgan fingerprint density at radius 3 is 2.57 bits per heavy atom. The topological polar surface area (TPSA) is 18.5 Å². The molecule has 76 valence electrons. The Labute approximate surface area is 84.8 Å². The van der Waals surface area contributed by atoms with Crippen LogP contribution in [0.15, 0.2) is 30.3 Å². The second-order valence-electron chi connectivity index (χ2n) is 3.77. The lowest BCUT2D eigenvalue weighted by molar-refractivity contribution is -0.0455. The van der Waals surface area contributed by atoms with Crippen molar-refractivity contribution in [2.75, 3.05) is 6.61 Å². The Balaban J connectivity index is 2.05. The van der Waals surface area contributed by atoms with Gasteiger partial charge < -0.3 is 9.47 Å². The van der Waals surface area contributed by atoms with Gasteiger partial charge in [0.05, 0.1) is 12.7 Å². The maximum Gasteiger partial charge on any atom is 0.155 e. The second-order valence-corrected chi connectivity index (χ2v) is 3.77. The fourth-order valence-corrected chi connectivity index (χ4v) is 1.79. The van der Waals surface area contributed by atoms with Crippen LogP contribution in [0, 0.1) is 0 Å². The maximum absolute atomic E-state index is 5.66. The molecule has 2 heteroatoms. The van der Waals surface area contributed by atoms with Crippen molar-refractivity contribution >= 4 is 0 Å². The molecule has 0 saturated carbocycles. The zero-order chi connectivity index (χ0) is 9.97. The van der Waals surface area contributed by atoms with Crippen LogP contribution in [-0.4, -0.2) is 19.0 Å². The van der Waals surface area contributed by atoms with Crippen LogP contribution >= 0.6 is 0 Å². The van der Waals surface area contributed by atoms with E-state index < -0.39 is 0 Å². The molecular formula is C12H16O2. The molecule has 0 radical (unpaired) electrons. The van der Waals surface area contributed by atoms with Crippen molar-refractivity contribution in [3.63, 3.8) is 0 Å². The summed E-state index contributed by atoms with van der Waals surface area (Å²) in [7, 11) is 0. The monoisotopic (exact) mass is 192 g/mol. The van der Waals surface area contributed by atoms with E-state index in [1.165, 1.54) is 5.56 Å². The summed E-state index contributed by atoms with van der Waals surface area (Å²) < 4.78 is 11.0. The Morgan fingerprint density at radius 1 is 1.29 bits per heavy atom. The van der Waals surface area contributed by atoms with E-state index >= 15 is 0 Å². The molecule has 2 nitrogen and oxygen atoms in total. The van der Waals surface area contributed by atoms with Crippen LogP contribution in [0.5, 0.6) is 0 Å². The van der Waals surface area contributed by atoms with Gasteiger partial charge in [-0.3, -0.25) is 0 Å². The van der Waals surface area contributed by atoms with Crippen molar-refractivity contribution in [2.24, 2.45) is 0 Å². The van der Waals surface area contributed by atoms with Crippen LogP contribution in [0.3, 0.4) is 0 Å². The highest BCUT2D eigenvalue weighted by Gasteiger charge is 2.28. The lowest BCUT2D eigenvalue weighted by atomic mass is 9.96. The minimum Gasteiger partial charge on any atom is -0.350 e. The Hall–Kier alpha value is -0.860. The second kappa shape index (κ2) is 4.11. The summed E-state index contributed by atoms with van der Waals surface area (Å²) in [6.45, 7) is 4.83. The van der Waals surface area contributed by atoms with Gasteiger partial charge in [0.25, 0.3) is 0 Å². The SMILES string of the molecule is C[C@H]1OC[C@H]([C@@H](C)c2ccccc2)O1. The summed E-state index contributed by atoms with van der Waals surface area (Å²) >= 11 is 0. The molecule has 1 aliphatic rings. The van der Waals surface area contributed by atoms with Gasteiger partial charge in [-0.25, -0.2) is 0 Å². The third kappa shape index (κ3) is 1.97. The molecule has 0 N–H and O–H groups in total. The quantitative estimate of drug-likeness (QED) is 0.717. The molecule has 1 saturated heterocycles. The van der Waals surface area contributed by atoms with Gasteiger partial charge in [-0.2, -0.15) is 0 Å². The molecule has 0 amide bonds. The van der Waals surface area contributed by atoms with Crippen molar-refractivity contribution in [2.45, 2.75) is 32.2 Å². The van der Waals surface area contributed by atoms with Gasteiger partial charge in [0.15, 0.2) is 6.29 Å². The molecule has 0 spiro atoms. The van der Waals surface area contributed by atoms with Gasteiger partial charge in [0.2, 0.25) is 0 Å². The lowest BCUT2D eigenvalue weighted by Crippen LogP contribution is -2.18. The average Bonchev–Trinajstić information content (AvgIpc) is 2.65.